The summed E-state index contributed by atoms with van der Waals surface area (Å²) in [6.07, 6.45) is 0. The fourth-order valence-electron chi connectivity index (χ4n) is 3.28. The van der Waals surface area contributed by atoms with Crippen molar-refractivity contribution in [3.63, 3.8) is 0 Å². The van der Waals surface area contributed by atoms with E-state index in [1.54, 1.807) is 38.1 Å². The topological polar surface area (TPSA) is 122 Å². The summed E-state index contributed by atoms with van der Waals surface area (Å²) in [6.45, 7) is 4.37. The number of carbonyl (C=O) groups excluding carboxylic acids is 3. The predicted octanol–water partition coefficient (Wildman–Crippen LogP) is 3.27. The van der Waals surface area contributed by atoms with Crippen molar-refractivity contribution in [2.45, 2.75) is 26.3 Å². The molecule has 2 aromatic rings. The second-order valence-corrected chi connectivity index (χ2v) is 7.59. The molecule has 1 unspecified atom stereocenters. The zero-order chi connectivity index (χ0) is 22.2. The van der Waals surface area contributed by atoms with Gasteiger partial charge >= 0.3 is 6.03 Å². The van der Waals surface area contributed by atoms with Crippen LogP contribution in [0.5, 0.6) is 0 Å². The van der Waals surface area contributed by atoms with Gasteiger partial charge in [-0.2, -0.15) is 0 Å². The maximum absolute atomic E-state index is 12.9. The number of nitro benzene ring substituents is 1. The van der Waals surface area contributed by atoms with Crippen molar-refractivity contribution >= 4 is 40.8 Å². The van der Waals surface area contributed by atoms with E-state index in [2.05, 4.69) is 10.6 Å². The highest BCUT2D eigenvalue weighted by molar-refractivity contribution is 6.32. The first kappa shape index (κ1) is 21.3. The van der Waals surface area contributed by atoms with Crippen LogP contribution >= 0.6 is 11.6 Å². The van der Waals surface area contributed by atoms with Crippen LogP contribution in [-0.4, -0.2) is 34.2 Å². The van der Waals surface area contributed by atoms with Gasteiger partial charge in [-0.1, -0.05) is 29.8 Å². The van der Waals surface area contributed by atoms with Gasteiger partial charge in [0, 0.05) is 16.7 Å². The van der Waals surface area contributed by atoms with Gasteiger partial charge in [0.25, 0.3) is 11.6 Å². The smallest absolute Gasteiger partial charge is 0.319 e. The van der Waals surface area contributed by atoms with Gasteiger partial charge in [-0.15, -0.1) is 0 Å². The van der Waals surface area contributed by atoms with Crippen LogP contribution in [0.25, 0.3) is 0 Å². The van der Waals surface area contributed by atoms with Crippen LogP contribution in [0, 0.1) is 24.0 Å². The Bertz CT molecular complexity index is 1090. The second-order valence-electron chi connectivity index (χ2n) is 7.19. The third kappa shape index (κ3) is 3.71. The monoisotopic (exact) mass is 430 g/mol. The number of benzene rings is 2. The zero-order valence-electron chi connectivity index (χ0n) is 16.5. The summed E-state index contributed by atoms with van der Waals surface area (Å²) in [4.78, 5) is 49.3. The Labute approximate surface area is 177 Å². The van der Waals surface area contributed by atoms with Gasteiger partial charge in [0.1, 0.15) is 17.8 Å². The molecule has 0 aromatic heterocycles. The van der Waals surface area contributed by atoms with Crippen LogP contribution in [0.4, 0.5) is 16.2 Å². The van der Waals surface area contributed by atoms with Crippen molar-refractivity contribution in [2.75, 3.05) is 11.9 Å². The number of hydrogen-bond donors (Lipinski definition) is 2. The molecule has 0 bridgehead atoms. The summed E-state index contributed by atoms with van der Waals surface area (Å²) in [6, 6.07) is 8.65. The van der Waals surface area contributed by atoms with E-state index in [4.69, 9.17) is 11.6 Å². The molecule has 1 atom stereocenters. The van der Waals surface area contributed by atoms with Crippen LogP contribution in [0.15, 0.2) is 36.4 Å². The fourth-order valence-corrected chi connectivity index (χ4v) is 3.60. The van der Waals surface area contributed by atoms with Crippen molar-refractivity contribution in [1.29, 1.82) is 0 Å². The minimum Gasteiger partial charge on any atom is -0.319 e. The van der Waals surface area contributed by atoms with Gasteiger partial charge in [-0.05, 0) is 44.0 Å². The number of amides is 4. The van der Waals surface area contributed by atoms with E-state index in [1.165, 1.54) is 19.1 Å². The van der Waals surface area contributed by atoms with Gasteiger partial charge in [0.05, 0.1) is 4.92 Å². The maximum atomic E-state index is 12.9. The molecule has 2 aromatic carbocycles. The Kier molecular flexibility index (Phi) is 5.49. The first-order valence-electron chi connectivity index (χ1n) is 8.99. The number of hydrogen-bond acceptors (Lipinski definition) is 5. The highest BCUT2D eigenvalue weighted by Gasteiger charge is 2.50. The van der Waals surface area contributed by atoms with Gasteiger partial charge in [-0.25, -0.2) is 4.79 Å². The fraction of sp³-hybridized carbons (Fsp3) is 0.250. The minimum atomic E-state index is -1.43. The van der Waals surface area contributed by atoms with Crippen LogP contribution < -0.4 is 10.6 Å². The van der Waals surface area contributed by atoms with Gasteiger partial charge in [0.2, 0.25) is 5.91 Å². The van der Waals surface area contributed by atoms with Gasteiger partial charge in [-0.3, -0.25) is 24.6 Å². The number of halogens is 1. The van der Waals surface area contributed by atoms with E-state index >= 15 is 0 Å². The minimum absolute atomic E-state index is 0.00554. The Morgan fingerprint density at radius 1 is 1.23 bits per heavy atom. The Morgan fingerprint density at radius 3 is 2.50 bits per heavy atom. The van der Waals surface area contributed by atoms with Gasteiger partial charge < -0.3 is 10.6 Å². The summed E-state index contributed by atoms with van der Waals surface area (Å²) >= 11 is 6.18. The zero-order valence-corrected chi connectivity index (χ0v) is 17.2. The number of nitrogens with one attached hydrogen (secondary N) is 2. The Balaban J connectivity index is 1.82. The van der Waals surface area contributed by atoms with Crippen molar-refractivity contribution in [3.8, 4) is 0 Å². The summed E-state index contributed by atoms with van der Waals surface area (Å²) in [5, 5.41) is 16.6. The van der Waals surface area contributed by atoms with Crippen LogP contribution in [0.2, 0.25) is 5.02 Å². The van der Waals surface area contributed by atoms with E-state index < -0.39 is 34.9 Å². The molecule has 0 spiro atoms. The Hall–Kier alpha value is -3.46. The van der Waals surface area contributed by atoms with E-state index in [9.17, 15) is 24.5 Å². The maximum Gasteiger partial charge on any atom is 0.325 e. The summed E-state index contributed by atoms with van der Waals surface area (Å²) in [5.74, 6) is -1.39. The molecule has 0 radical (unpaired) electrons. The molecule has 156 valence electrons. The average molecular weight is 431 g/mol. The van der Waals surface area contributed by atoms with Crippen molar-refractivity contribution in [3.05, 3.63) is 68.2 Å². The molecular weight excluding hydrogens is 412 g/mol. The normalized spacial score (nSPS) is 18.3. The lowest BCUT2D eigenvalue weighted by Gasteiger charge is -2.23. The number of rotatable bonds is 5. The quantitative estimate of drug-likeness (QED) is 0.428. The first-order chi connectivity index (χ1) is 14.0. The molecule has 1 heterocycles. The number of carbonyl (C=O) groups is 3. The van der Waals surface area contributed by atoms with Crippen molar-refractivity contribution in [2.24, 2.45) is 0 Å². The number of imide groups is 1. The highest BCUT2D eigenvalue weighted by atomic mass is 35.5. The third-order valence-electron chi connectivity index (χ3n) is 5.07. The van der Waals surface area contributed by atoms with E-state index in [-0.39, 0.29) is 11.4 Å². The molecule has 4 amide bonds. The first-order valence-corrected chi connectivity index (χ1v) is 9.37. The molecular formula is C20H19ClN4O5. The molecule has 9 nitrogen and oxygen atoms in total. The number of urea groups is 1. The van der Waals surface area contributed by atoms with Crippen molar-refractivity contribution < 1.29 is 19.3 Å². The standard InChI is InChI=1S/C20H19ClN4O5/c1-11-8-15(16(25(29)30)9-12(11)2)22-17(26)10-24-18(27)20(3,23-19(24)28)13-6-4-5-7-14(13)21/h4-9H,10H2,1-3H3,(H,22,26)(H,23,28). The summed E-state index contributed by atoms with van der Waals surface area (Å²) < 4.78 is 0. The molecule has 0 aliphatic carbocycles. The molecule has 10 heteroatoms. The molecule has 3 rings (SSSR count). The van der Waals surface area contributed by atoms with Crippen LogP contribution in [0.3, 0.4) is 0 Å². The lowest BCUT2D eigenvalue weighted by atomic mass is 9.92. The molecule has 0 saturated carbocycles. The van der Waals surface area contributed by atoms with Gasteiger partial charge in [0.15, 0.2) is 0 Å². The predicted molar refractivity (Wildman–Crippen MR) is 110 cm³/mol. The molecule has 1 saturated heterocycles. The number of aryl methyl sites for hydroxylation is 2. The van der Waals surface area contributed by atoms with Crippen molar-refractivity contribution in [1.82, 2.24) is 10.2 Å². The highest BCUT2D eigenvalue weighted by Crippen LogP contribution is 2.33. The molecule has 1 aliphatic heterocycles. The Morgan fingerprint density at radius 2 is 1.87 bits per heavy atom. The number of anilines is 1. The summed E-state index contributed by atoms with van der Waals surface area (Å²) in [7, 11) is 0. The van der Waals surface area contributed by atoms with E-state index in [0.717, 1.165) is 10.5 Å². The average Bonchev–Trinajstić information content (AvgIpc) is 2.88. The molecule has 1 aliphatic rings. The second kappa shape index (κ2) is 7.75. The molecule has 2 N–H and O–H groups in total. The van der Waals surface area contributed by atoms with Crippen LogP contribution in [0.1, 0.15) is 23.6 Å². The SMILES string of the molecule is Cc1cc(NC(=O)CN2C(=O)NC(C)(c3ccccc3Cl)C2=O)c([N+](=O)[O-])cc1C. The lowest BCUT2D eigenvalue weighted by molar-refractivity contribution is -0.384. The van der Waals surface area contributed by atoms with E-state index in [0.29, 0.717) is 16.1 Å². The molecule has 30 heavy (non-hydrogen) atoms. The molecule has 1 fully saturated rings. The third-order valence-corrected chi connectivity index (χ3v) is 5.40. The largest absolute Gasteiger partial charge is 0.325 e. The summed E-state index contributed by atoms with van der Waals surface area (Å²) in [5.41, 5.74) is 0.139. The van der Waals surface area contributed by atoms with Crippen LogP contribution in [-0.2, 0) is 15.1 Å². The van der Waals surface area contributed by atoms with E-state index in [1.807, 2.05) is 0 Å². The number of nitro groups is 1. The number of nitrogens with zero attached hydrogens (tertiary/aromatic N) is 2. The lowest BCUT2D eigenvalue weighted by Crippen LogP contribution is -2.42.